The summed E-state index contributed by atoms with van der Waals surface area (Å²) in [5, 5.41) is 1.28. The fourth-order valence-corrected chi connectivity index (χ4v) is 3.08. The summed E-state index contributed by atoms with van der Waals surface area (Å²) in [5.41, 5.74) is 1.59. The Morgan fingerprint density at radius 2 is 1.76 bits per heavy atom. The van der Waals surface area contributed by atoms with E-state index < -0.39 is 24.0 Å². The van der Waals surface area contributed by atoms with E-state index in [1.807, 2.05) is 18.2 Å². The van der Waals surface area contributed by atoms with Crippen molar-refractivity contribution in [2.45, 2.75) is 39.2 Å². The minimum Gasteiger partial charge on any atom is -0.432 e. The Kier molecular flexibility index (Phi) is 6.77. The maximum Gasteiger partial charge on any atom is 0.387 e. The zero-order valence-corrected chi connectivity index (χ0v) is 15.9. The Morgan fingerprint density at radius 3 is 2.48 bits per heavy atom. The molecule has 0 saturated carbocycles. The van der Waals surface area contributed by atoms with Crippen LogP contribution in [0.1, 0.15) is 42.9 Å². The number of alkyl halides is 2. The van der Waals surface area contributed by atoms with Gasteiger partial charge in [0.2, 0.25) is 0 Å². The second kappa shape index (κ2) is 9.47. The van der Waals surface area contributed by atoms with Gasteiger partial charge in [-0.2, -0.15) is 8.78 Å². The normalized spacial score (nSPS) is 10.8. The lowest BCUT2D eigenvalue weighted by Gasteiger charge is -2.06. The van der Waals surface area contributed by atoms with E-state index in [4.69, 9.17) is 0 Å². The number of halogens is 4. The van der Waals surface area contributed by atoms with Crippen LogP contribution in [0.25, 0.3) is 10.8 Å². The SMILES string of the molecule is CCCCCc1ccc2c(F)c(C#Cc3ccc(OC(F)F)c(F)c3)ccc2c1. The second-order valence-corrected chi connectivity index (χ2v) is 6.71. The number of benzene rings is 3. The summed E-state index contributed by atoms with van der Waals surface area (Å²) in [4.78, 5) is 0. The van der Waals surface area contributed by atoms with Crippen molar-refractivity contribution in [3.63, 3.8) is 0 Å². The van der Waals surface area contributed by atoms with Crippen molar-refractivity contribution in [1.29, 1.82) is 0 Å². The van der Waals surface area contributed by atoms with Crippen molar-refractivity contribution in [3.8, 4) is 17.6 Å². The number of unbranched alkanes of at least 4 members (excludes halogenated alkanes) is 2. The van der Waals surface area contributed by atoms with Gasteiger partial charge in [-0.25, -0.2) is 8.78 Å². The van der Waals surface area contributed by atoms with Gasteiger partial charge in [-0.3, -0.25) is 0 Å². The zero-order chi connectivity index (χ0) is 20.8. The molecule has 0 amide bonds. The Labute approximate surface area is 167 Å². The monoisotopic (exact) mass is 400 g/mol. The smallest absolute Gasteiger partial charge is 0.387 e. The molecule has 0 saturated heterocycles. The lowest BCUT2D eigenvalue weighted by Crippen LogP contribution is -2.03. The standard InChI is InChI=1S/C24H20F4O/c1-2-3-4-5-16-7-12-20-19(14-16)11-10-18(23(20)26)9-6-17-8-13-22(21(25)15-17)29-24(27)28/h7-8,10-15,24H,2-5H2,1H3. The van der Waals surface area contributed by atoms with Gasteiger partial charge < -0.3 is 4.74 Å². The average Bonchev–Trinajstić information content (AvgIpc) is 2.69. The van der Waals surface area contributed by atoms with E-state index in [1.54, 1.807) is 12.1 Å². The van der Waals surface area contributed by atoms with E-state index in [-0.39, 0.29) is 11.1 Å². The molecular formula is C24H20F4O. The molecule has 0 aliphatic rings. The summed E-state index contributed by atoms with van der Waals surface area (Å²) in [7, 11) is 0. The molecule has 1 nitrogen and oxygen atoms in total. The number of rotatable bonds is 6. The fraction of sp³-hybridized carbons (Fsp3) is 0.250. The third kappa shape index (κ3) is 5.29. The molecule has 0 bridgehead atoms. The molecule has 0 aliphatic carbocycles. The van der Waals surface area contributed by atoms with Crippen LogP contribution in [0.3, 0.4) is 0 Å². The van der Waals surface area contributed by atoms with Crippen molar-refractivity contribution in [1.82, 2.24) is 0 Å². The largest absolute Gasteiger partial charge is 0.432 e. The lowest BCUT2D eigenvalue weighted by atomic mass is 10.0. The number of fused-ring (bicyclic) bond motifs is 1. The third-order valence-electron chi connectivity index (χ3n) is 4.58. The lowest BCUT2D eigenvalue weighted by molar-refractivity contribution is -0.0521. The number of ether oxygens (including phenoxy) is 1. The van der Waals surface area contributed by atoms with Crippen LogP contribution >= 0.6 is 0 Å². The summed E-state index contributed by atoms with van der Waals surface area (Å²) in [6.45, 7) is -0.960. The van der Waals surface area contributed by atoms with E-state index >= 15 is 0 Å². The fourth-order valence-electron chi connectivity index (χ4n) is 3.08. The van der Waals surface area contributed by atoms with Gasteiger partial charge in [0, 0.05) is 10.9 Å². The van der Waals surface area contributed by atoms with Gasteiger partial charge in [0.25, 0.3) is 0 Å². The van der Waals surface area contributed by atoms with E-state index in [0.717, 1.165) is 43.2 Å². The van der Waals surface area contributed by atoms with Gasteiger partial charge in [-0.05, 0) is 48.1 Å². The Balaban J connectivity index is 1.83. The van der Waals surface area contributed by atoms with Crippen molar-refractivity contribution in [3.05, 3.63) is 76.9 Å². The molecule has 150 valence electrons. The first-order valence-corrected chi connectivity index (χ1v) is 9.45. The summed E-state index contributed by atoms with van der Waals surface area (Å²) in [6, 6.07) is 12.5. The summed E-state index contributed by atoms with van der Waals surface area (Å²) in [6.07, 6.45) is 4.38. The Bertz CT molecular complexity index is 1060. The van der Waals surface area contributed by atoms with E-state index in [1.165, 1.54) is 11.6 Å². The first-order chi connectivity index (χ1) is 14.0. The molecule has 0 atom stereocenters. The topological polar surface area (TPSA) is 9.23 Å². The van der Waals surface area contributed by atoms with Gasteiger partial charge in [0.1, 0.15) is 5.82 Å². The van der Waals surface area contributed by atoms with E-state index in [2.05, 4.69) is 23.5 Å². The molecule has 3 aromatic rings. The quantitative estimate of drug-likeness (QED) is 0.250. The molecule has 0 N–H and O–H groups in total. The molecule has 0 unspecified atom stereocenters. The van der Waals surface area contributed by atoms with Crippen LogP contribution in [-0.4, -0.2) is 6.61 Å². The molecule has 3 aromatic carbocycles. The summed E-state index contributed by atoms with van der Waals surface area (Å²) in [5.74, 6) is 3.40. The molecule has 5 heteroatoms. The predicted octanol–water partition coefficient (Wildman–Crippen LogP) is 6.85. The first kappa shape index (κ1) is 20.7. The Morgan fingerprint density at radius 1 is 0.931 bits per heavy atom. The number of hydrogen-bond acceptors (Lipinski definition) is 1. The van der Waals surface area contributed by atoms with Crippen LogP contribution < -0.4 is 4.74 Å². The highest BCUT2D eigenvalue weighted by Crippen LogP contribution is 2.24. The van der Waals surface area contributed by atoms with Gasteiger partial charge in [0.15, 0.2) is 11.6 Å². The molecule has 0 spiro atoms. The molecule has 3 rings (SSSR count). The molecular weight excluding hydrogens is 380 g/mol. The van der Waals surface area contributed by atoms with Crippen LogP contribution in [0.5, 0.6) is 5.75 Å². The minimum atomic E-state index is -3.11. The van der Waals surface area contributed by atoms with Gasteiger partial charge >= 0.3 is 6.61 Å². The van der Waals surface area contributed by atoms with E-state index in [9.17, 15) is 17.6 Å². The molecule has 0 heterocycles. The first-order valence-electron chi connectivity index (χ1n) is 9.45. The predicted molar refractivity (Wildman–Crippen MR) is 106 cm³/mol. The van der Waals surface area contributed by atoms with Crippen molar-refractivity contribution < 1.29 is 22.3 Å². The van der Waals surface area contributed by atoms with Crippen LogP contribution in [-0.2, 0) is 6.42 Å². The second-order valence-electron chi connectivity index (χ2n) is 6.71. The molecule has 0 radical (unpaired) electrons. The average molecular weight is 400 g/mol. The molecule has 0 fully saturated rings. The highest BCUT2D eigenvalue weighted by Gasteiger charge is 2.10. The summed E-state index contributed by atoms with van der Waals surface area (Å²) < 4.78 is 57.0. The molecule has 29 heavy (non-hydrogen) atoms. The minimum absolute atomic E-state index is 0.185. The van der Waals surface area contributed by atoms with Gasteiger partial charge in [0.05, 0.1) is 5.56 Å². The van der Waals surface area contributed by atoms with Gasteiger partial charge in [-0.1, -0.05) is 55.9 Å². The highest BCUT2D eigenvalue weighted by molar-refractivity contribution is 5.85. The zero-order valence-electron chi connectivity index (χ0n) is 15.9. The maximum atomic E-state index is 14.8. The molecule has 0 aliphatic heterocycles. The molecule has 0 aromatic heterocycles. The number of aryl methyl sites for hydroxylation is 1. The number of hydrogen-bond donors (Lipinski definition) is 0. The van der Waals surface area contributed by atoms with Crippen molar-refractivity contribution >= 4 is 10.8 Å². The third-order valence-corrected chi connectivity index (χ3v) is 4.58. The summed E-state index contributed by atoms with van der Waals surface area (Å²) >= 11 is 0. The van der Waals surface area contributed by atoms with Gasteiger partial charge in [-0.15, -0.1) is 0 Å². The van der Waals surface area contributed by atoms with Crippen LogP contribution in [0.4, 0.5) is 17.6 Å². The van der Waals surface area contributed by atoms with Crippen LogP contribution in [0.2, 0.25) is 0 Å². The van der Waals surface area contributed by atoms with Crippen molar-refractivity contribution in [2.24, 2.45) is 0 Å². The van der Waals surface area contributed by atoms with E-state index in [0.29, 0.717) is 5.39 Å². The Hall–Kier alpha value is -3.00. The van der Waals surface area contributed by atoms with Crippen LogP contribution in [0.15, 0.2) is 48.5 Å². The van der Waals surface area contributed by atoms with Crippen LogP contribution in [0, 0.1) is 23.5 Å². The van der Waals surface area contributed by atoms with Crippen molar-refractivity contribution in [2.75, 3.05) is 0 Å². The maximum absolute atomic E-state index is 14.8. The highest BCUT2D eigenvalue weighted by atomic mass is 19.3.